The molecule has 4 rings (SSSR count). The Morgan fingerprint density at radius 2 is 2.04 bits per heavy atom. The summed E-state index contributed by atoms with van der Waals surface area (Å²) in [4.78, 5) is 12.7. The topological polar surface area (TPSA) is 82.2 Å². The van der Waals surface area contributed by atoms with Crippen LogP contribution in [-0.2, 0) is 11.3 Å². The van der Waals surface area contributed by atoms with Crippen molar-refractivity contribution < 1.29 is 13.9 Å². The molecule has 7 nitrogen and oxygen atoms in total. The number of aryl methyl sites for hydroxylation is 2. The number of ether oxygens (including phenoxy) is 1. The van der Waals surface area contributed by atoms with Crippen molar-refractivity contribution in [1.29, 1.82) is 0 Å². The van der Waals surface area contributed by atoms with Gasteiger partial charge in [0, 0.05) is 17.3 Å². The maximum absolute atomic E-state index is 12.7. The van der Waals surface area contributed by atoms with E-state index in [9.17, 15) is 4.79 Å². The van der Waals surface area contributed by atoms with Crippen LogP contribution in [0.4, 0.5) is 5.69 Å². The lowest BCUT2D eigenvalue weighted by Gasteiger charge is -2.13. The van der Waals surface area contributed by atoms with Crippen LogP contribution >= 0.6 is 0 Å². The van der Waals surface area contributed by atoms with E-state index in [1.165, 1.54) is 0 Å². The Morgan fingerprint density at radius 1 is 1.25 bits per heavy atom. The summed E-state index contributed by atoms with van der Waals surface area (Å²) in [5, 5.41) is 11.3. The Bertz CT molecular complexity index is 1030. The lowest BCUT2D eigenvalue weighted by Crippen LogP contribution is -2.20. The summed E-state index contributed by atoms with van der Waals surface area (Å²) in [6.45, 7) is 6.10. The van der Waals surface area contributed by atoms with Crippen LogP contribution in [0.15, 0.2) is 28.7 Å². The number of benzene rings is 1. The van der Waals surface area contributed by atoms with Crippen molar-refractivity contribution in [2.75, 3.05) is 12.4 Å². The van der Waals surface area contributed by atoms with Gasteiger partial charge < -0.3 is 19.0 Å². The second kappa shape index (κ2) is 7.14. The van der Waals surface area contributed by atoms with Gasteiger partial charge >= 0.3 is 0 Å². The van der Waals surface area contributed by atoms with E-state index < -0.39 is 0 Å². The van der Waals surface area contributed by atoms with E-state index in [1.807, 2.05) is 49.6 Å². The number of nitrogens with zero attached hydrogens (tertiary/aromatic N) is 3. The van der Waals surface area contributed by atoms with Crippen molar-refractivity contribution in [3.63, 3.8) is 0 Å². The Labute approximate surface area is 163 Å². The largest absolute Gasteiger partial charge is 0.495 e. The predicted octanol–water partition coefficient (Wildman–Crippen LogP) is 3.99. The van der Waals surface area contributed by atoms with Crippen molar-refractivity contribution in [3.8, 4) is 17.2 Å². The molecule has 1 N–H and O–H groups in total. The van der Waals surface area contributed by atoms with Crippen LogP contribution in [0.2, 0.25) is 0 Å². The van der Waals surface area contributed by atoms with Gasteiger partial charge in [-0.1, -0.05) is 6.07 Å². The molecule has 0 atom stereocenters. The standard InChI is InChI=1S/C21H24N4O3/c1-12-5-8-18(27-4)17(9-12)22-19(26)11-25-13(2)10-16(14(25)3)21-24-23-20(28-21)15-6-7-15/h5,8-10,15H,6-7,11H2,1-4H3,(H,22,26). The van der Waals surface area contributed by atoms with Crippen LogP contribution < -0.4 is 10.1 Å². The third-order valence-corrected chi connectivity index (χ3v) is 5.10. The number of carbonyl (C=O) groups excluding carboxylic acids is 1. The highest BCUT2D eigenvalue weighted by molar-refractivity contribution is 5.92. The van der Waals surface area contributed by atoms with Gasteiger partial charge in [0.05, 0.1) is 18.4 Å². The molecule has 1 aromatic carbocycles. The zero-order chi connectivity index (χ0) is 19.8. The molecule has 7 heteroatoms. The van der Waals surface area contributed by atoms with Gasteiger partial charge in [-0.2, -0.15) is 0 Å². The van der Waals surface area contributed by atoms with Crippen LogP contribution in [-0.4, -0.2) is 27.8 Å². The highest BCUT2D eigenvalue weighted by atomic mass is 16.5. The molecule has 1 saturated carbocycles. The minimum Gasteiger partial charge on any atom is -0.495 e. The van der Waals surface area contributed by atoms with Crippen LogP contribution in [0.1, 0.15) is 41.6 Å². The molecule has 1 fully saturated rings. The monoisotopic (exact) mass is 380 g/mol. The fourth-order valence-electron chi connectivity index (χ4n) is 3.35. The number of aromatic nitrogens is 3. The summed E-state index contributed by atoms with van der Waals surface area (Å²) in [6.07, 6.45) is 2.23. The molecule has 2 heterocycles. The molecule has 1 aliphatic carbocycles. The van der Waals surface area contributed by atoms with Gasteiger partial charge in [0.2, 0.25) is 17.7 Å². The third-order valence-electron chi connectivity index (χ3n) is 5.10. The molecule has 0 aliphatic heterocycles. The van der Waals surface area contributed by atoms with Crippen molar-refractivity contribution in [1.82, 2.24) is 14.8 Å². The molecule has 0 bridgehead atoms. The van der Waals surface area contributed by atoms with Crippen molar-refractivity contribution >= 4 is 11.6 Å². The summed E-state index contributed by atoms with van der Waals surface area (Å²) in [7, 11) is 1.59. The first-order valence-corrected chi connectivity index (χ1v) is 9.41. The Hall–Kier alpha value is -3.09. The van der Waals surface area contributed by atoms with E-state index in [2.05, 4.69) is 15.5 Å². The fraction of sp³-hybridized carbons (Fsp3) is 0.381. The summed E-state index contributed by atoms with van der Waals surface area (Å²) >= 11 is 0. The number of anilines is 1. The second-order valence-electron chi connectivity index (χ2n) is 7.34. The molecule has 0 spiro atoms. The molecule has 0 unspecified atom stereocenters. The van der Waals surface area contributed by atoms with Crippen LogP contribution in [0.3, 0.4) is 0 Å². The molecule has 1 aliphatic rings. The van der Waals surface area contributed by atoms with Crippen molar-refractivity contribution in [2.24, 2.45) is 0 Å². The van der Waals surface area contributed by atoms with Gasteiger partial charge in [0.1, 0.15) is 12.3 Å². The fourth-order valence-corrected chi connectivity index (χ4v) is 3.35. The lowest BCUT2D eigenvalue weighted by molar-refractivity contribution is -0.116. The van der Waals surface area contributed by atoms with E-state index in [0.717, 1.165) is 35.4 Å². The quantitative estimate of drug-likeness (QED) is 0.699. The van der Waals surface area contributed by atoms with Crippen LogP contribution in [0, 0.1) is 20.8 Å². The van der Waals surface area contributed by atoms with E-state index in [0.29, 0.717) is 29.1 Å². The van der Waals surface area contributed by atoms with Crippen LogP contribution in [0.5, 0.6) is 5.75 Å². The Balaban J connectivity index is 1.54. The molecule has 146 valence electrons. The van der Waals surface area contributed by atoms with E-state index >= 15 is 0 Å². The van der Waals surface area contributed by atoms with Gasteiger partial charge in [-0.25, -0.2) is 0 Å². The molecule has 1 amide bonds. The molecule has 28 heavy (non-hydrogen) atoms. The summed E-state index contributed by atoms with van der Waals surface area (Å²) < 4.78 is 13.1. The summed E-state index contributed by atoms with van der Waals surface area (Å²) in [5.74, 6) is 2.16. The maximum atomic E-state index is 12.7. The number of rotatable bonds is 6. The Morgan fingerprint density at radius 3 is 2.75 bits per heavy atom. The minimum absolute atomic E-state index is 0.124. The first-order valence-electron chi connectivity index (χ1n) is 9.41. The summed E-state index contributed by atoms with van der Waals surface area (Å²) in [5.41, 5.74) is 4.48. The first kappa shape index (κ1) is 18.3. The van der Waals surface area contributed by atoms with Crippen molar-refractivity contribution in [3.05, 3.63) is 47.1 Å². The van der Waals surface area contributed by atoms with E-state index in [4.69, 9.17) is 9.15 Å². The molecule has 0 saturated heterocycles. The second-order valence-corrected chi connectivity index (χ2v) is 7.34. The molecule has 3 aromatic rings. The predicted molar refractivity (Wildman–Crippen MR) is 106 cm³/mol. The highest BCUT2D eigenvalue weighted by Crippen LogP contribution is 2.40. The van der Waals surface area contributed by atoms with Gasteiger partial charge in [-0.3, -0.25) is 4.79 Å². The third kappa shape index (κ3) is 3.52. The average Bonchev–Trinajstić information content (AvgIpc) is 3.34. The molecular weight excluding hydrogens is 356 g/mol. The first-order chi connectivity index (χ1) is 13.5. The molecule has 2 aromatic heterocycles. The SMILES string of the molecule is COc1ccc(C)cc1NC(=O)Cn1c(C)cc(-c2nnc(C3CC3)o2)c1C. The zero-order valence-corrected chi connectivity index (χ0v) is 16.6. The molecule has 0 radical (unpaired) electrons. The van der Waals surface area contributed by atoms with Gasteiger partial charge in [0.15, 0.2) is 0 Å². The molecular formula is C21H24N4O3. The number of hydrogen-bond donors (Lipinski definition) is 1. The minimum atomic E-state index is -0.124. The lowest BCUT2D eigenvalue weighted by atomic mass is 10.2. The zero-order valence-electron chi connectivity index (χ0n) is 16.6. The number of amides is 1. The number of methoxy groups -OCH3 is 1. The highest BCUT2D eigenvalue weighted by Gasteiger charge is 2.30. The van der Waals surface area contributed by atoms with E-state index in [1.54, 1.807) is 7.11 Å². The van der Waals surface area contributed by atoms with Gasteiger partial charge in [0.25, 0.3) is 0 Å². The maximum Gasteiger partial charge on any atom is 0.249 e. The smallest absolute Gasteiger partial charge is 0.249 e. The average molecular weight is 380 g/mol. The number of hydrogen-bond acceptors (Lipinski definition) is 5. The normalized spacial score (nSPS) is 13.6. The van der Waals surface area contributed by atoms with Gasteiger partial charge in [-0.15, -0.1) is 10.2 Å². The van der Waals surface area contributed by atoms with Crippen LogP contribution in [0.25, 0.3) is 11.5 Å². The van der Waals surface area contributed by atoms with E-state index in [-0.39, 0.29) is 12.5 Å². The summed E-state index contributed by atoms with van der Waals surface area (Å²) in [6, 6.07) is 7.68. The Kier molecular flexibility index (Phi) is 4.66. The number of nitrogens with one attached hydrogen (secondary N) is 1. The van der Waals surface area contributed by atoms with Crippen molar-refractivity contribution in [2.45, 2.75) is 46.1 Å². The van der Waals surface area contributed by atoms with Gasteiger partial charge in [-0.05, 0) is 57.4 Å². The number of carbonyl (C=O) groups is 1.